The van der Waals surface area contributed by atoms with Gasteiger partial charge in [0.05, 0.1) is 17.5 Å². The van der Waals surface area contributed by atoms with Crippen molar-refractivity contribution >= 4 is 23.5 Å². The number of ether oxygens (including phenoxy) is 1. The Bertz CT molecular complexity index is 997. The highest BCUT2D eigenvalue weighted by molar-refractivity contribution is 6.06. The van der Waals surface area contributed by atoms with Crippen molar-refractivity contribution in [2.45, 2.75) is 46.1 Å². The van der Waals surface area contributed by atoms with Gasteiger partial charge in [-0.25, -0.2) is 4.79 Å². The third kappa shape index (κ3) is 4.50. The summed E-state index contributed by atoms with van der Waals surface area (Å²) in [5.41, 5.74) is 0.805. The standard InChI is InChI=1S/C24H28N2O5/c1-23(2)11-16-12-24(3,14-23)15-26(16)20(27)13-31-22(29)17-7-4-5-8-18(17)25-21(28)19-9-6-10-30-19/h4-10,16H,11-15H2,1-3H3,(H,25,28). The molecule has 2 heterocycles. The Balaban J connectivity index is 1.39. The minimum atomic E-state index is -0.655. The van der Waals surface area contributed by atoms with Gasteiger partial charge in [-0.2, -0.15) is 0 Å². The molecule has 31 heavy (non-hydrogen) atoms. The molecule has 7 nitrogen and oxygen atoms in total. The summed E-state index contributed by atoms with van der Waals surface area (Å²) in [4.78, 5) is 39.7. The predicted octanol–water partition coefficient (Wildman–Crippen LogP) is 4.12. The van der Waals surface area contributed by atoms with Crippen LogP contribution in [0.5, 0.6) is 0 Å². The first-order chi connectivity index (χ1) is 14.7. The molecule has 1 aliphatic heterocycles. The zero-order valence-electron chi connectivity index (χ0n) is 18.1. The van der Waals surface area contributed by atoms with E-state index in [9.17, 15) is 14.4 Å². The number of nitrogens with zero attached hydrogens (tertiary/aromatic N) is 1. The van der Waals surface area contributed by atoms with Gasteiger partial charge in [0.15, 0.2) is 12.4 Å². The van der Waals surface area contributed by atoms with Crippen LogP contribution in [0.25, 0.3) is 0 Å². The largest absolute Gasteiger partial charge is 0.459 e. The number of likely N-dealkylation sites (tertiary alicyclic amines) is 1. The van der Waals surface area contributed by atoms with Crippen molar-refractivity contribution in [3.8, 4) is 0 Å². The van der Waals surface area contributed by atoms with Crippen LogP contribution in [0, 0.1) is 10.8 Å². The fourth-order valence-corrected chi connectivity index (χ4v) is 5.40. The molecule has 0 radical (unpaired) electrons. The van der Waals surface area contributed by atoms with Crippen molar-refractivity contribution in [1.29, 1.82) is 0 Å². The molecule has 7 heteroatoms. The molecule has 2 aromatic rings. The van der Waals surface area contributed by atoms with Crippen LogP contribution in [-0.4, -0.2) is 41.9 Å². The Hall–Kier alpha value is -3.09. The lowest BCUT2D eigenvalue weighted by Gasteiger charge is -2.39. The van der Waals surface area contributed by atoms with Crippen molar-refractivity contribution in [2.75, 3.05) is 18.5 Å². The van der Waals surface area contributed by atoms with Crippen LogP contribution in [0.15, 0.2) is 47.1 Å². The van der Waals surface area contributed by atoms with Crippen LogP contribution in [0.4, 0.5) is 5.69 Å². The van der Waals surface area contributed by atoms with Crippen LogP contribution in [0.2, 0.25) is 0 Å². The van der Waals surface area contributed by atoms with E-state index < -0.39 is 11.9 Å². The molecular weight excluding hydrogens is 396 g/mol. The van der Waals surface area contributed by atoms with E-state index in [1.54, 1.807) is 30.3 Å². The lowest BCUT2D eigenvalue weighted by Crippen LogP contribution is -2.39. The van der Waals surface area contributed by atoms with Gasteiger partial charge in [-0.15, -0.1) is 0 Å². The van der Waals surface area contributed by atoms with E-state index in [1.165, 1.54) is 12.3 Å². The third-order valence-corrected chi connectivity index (χ3v) is 6.20. The lowest BCUT2D eigenvalue weighted by molar-refractivity contribution is -0.135. The van der Waals surface area contributed by atoms with Gasteiger partial charge in [-0.05, 0) is 54.4 Å². The van der Waals surface area contributed by atoms with Crippen molar-refractivity contribution in [1.82, 2.24) is 4.90 Å². The van der Waals surface area contributed by atoms with Gasteiger partial charge in [-0.3, -0.25) is 9.59 Å². The molecule has 0 spiro atoms. The number of anilines is 1. The predicted molar refractivity (Wildman–Crippen MR) is 115 cm³/mol. The molecule has 1 saturated carbocycles. The number of para-hydroxylation sites is 1. The molecule has 2 atom stereocenters. The summed E-state index contributed by atoms with van der Waals surface area (Å²) in [6.45, 7) is 7.12. The van der Waals surface area contributed by atoms with Crippen molar-refractivity contribution in [3.05, 3.63) is 54.0 Å². The highest BCUT2D eigenvalue weighted by Gasteiger charge is 2.50. The molecular formula is C24H28N2O5. The Kier molecular flexibility index (Phi) is 5.37. The molecule has 4 rings (SSSR count). The van der Waals surface area contributed by atoms with Gasteiger partial charge in [0.1, 0.15) is 0 Å². The zero-order chi connectivity index (χ0) is 22.2. The first-order valence-corrected chi connectivity index (χ1v) is 10.6. The Labute approximate surface area is 181 Å². The molecule has 1 aromatic carbocycles. The maximum absolute atomic E-state index is 12.9. The highest BCUT2D eigenvalue weighted by Crippen LogP contribution is 2.52. The van der Waals surface area contributed by atoms with Gasteiger partial charge < -0.3 is 19.4 Å². The SMILES string of the molecule is CC1(C)CC2CC(C)(CN2C(=O)COC(=O)c2ccccc2NC(=O)c2ccco2)C1. The number of esters is 1. The van der Waals surface area contributed by atoms with E-state index in [-0.39, 0.29) is 40.7 Å². The maximum atomic E-state index is 12.9. The van der Waals surface area contributed by atoms with E-state index >= 15 is 0 Å². The molecule has 1 aliphatic carbocycles. The molecule has 1 aromatic heterocycles. The first kappa shape index (κ1) is 21.2. The van der Waals surface area contributed by atoms with Gasteiger partial charge in [-0.1, -0.05) is 32.9 Å². The number of nitrogens with one attached hydrogen (secondary N) is 1. The number of hydrogen-bond donors (Lipinski definition) is 1. The number of fused-ring (bicyclic) bond motifs is 2. The summed E-state index contributed by atoms with van der Waals surface area (Å²) in [6.07, 6.45) is 4.44. The van der Waals surface area contributed by atoms with Crippen LogP contribution >= 0.6 is 0 Å². The second-order valence-corrected chi connectivity index (χ2v) is 9.79. The quantitative estimate of drug-likeness (QED) is 0.730. The second-order valence-electron chi connectivity index (χ2n) is 9.79. The Morgan fingerprint density at radius 2 is 1.90 bits per heavy atom. The van der Waals surface area contributed by atoms with Crippen LogP contribution < -0.4 is 5.32 Å². The van der Waals surface area contributed by atoms with Crippen molar-refractivity contribution in [3.63, 3.8) is 0 Å². The fraction of sp³-hybridized carbons (Fsp3) is 0.458. The van der Waals surface area contributed by atoms with E-state index in [0.29, 0.717) is 12.2 Å². The number of carbonyl (C=O) groups excluding carboxylic acids is 3. The number of benzene rings is 1. The molecule has 2 bridgehead atoms. The molecule has 2 fully saturated rings. The lowest BCUT2D eigenvalue weighted by atomic mass is 9.65. The normalized spacial score (nSPS) is 24.0. The number of carbonyl (C=O) groups is 3. The molecule has 1 N–H and O–H groups in total. The number of hydrogen-bond acceptors (Lipinski definition) is 5. The van der Waals surface area contributed by atoms with E-state index in [4.69, 9.17) is 9.15 Å². The monoisotopic (exact) mass is 424 g/mol. The van der Waals surface area contributed by atoms with E-state index in [1.807, 2.05) is 4.90 Å². The van der Waals surface area contributed by atoms with Crippen molar-refractivity contribution < 1.29 is 23.5 Å². The number of amides is 2. The summed E-state index contributed by atoms with van der Waals surface area (Å²) >= 11 is 0. The van der Waals surface area contributed by atoms with E-state index in [0.717, 1.165) is 19.3 Å². The Morgan fingerprint density at radius 1 is 1.13 bits per heavy atom. The number of rotatable bonds is 5. The highest BCUT2D eigenvalue weighted by atomic mass is 16.5. The summed E-state index contributed by atoms with van der Waals surface area (Å²) in [7, 11) is 0. The first-order valence-electron chi connectivity index (χ1n) is 10.6. The summed E-state index contributed by atoms with van der Waals surface area (Å²) in [5, 5.41) is 2.65. The molecule has 2 aliphatic rings. The van der Waals surface area contributed by atoms with Gasteiger partial charge in [0, 0.05) is 12.6 Å². The van der Waals surface area contributed by atoms with Crippen LogP contribution in [0.1, 0.15) is 60.9 Å². The second kappa shape index (κ2) is 7.87. The van der Waals surface area contributed by atoms with Crippen LogP contribution in [0.3, 0.4) is 0 Å². The summed E-state index contributed by atoms with van der Waals surface area (Å²) < 4.78 is 10.4. The fourth-order valence-electron chi connectivity index (χ4n) is 5.40. The summed E-state index contributed by atoms with van der Waals surface area (Å²) in [5.74, 6) is -1.16. The molecule has 2 unspecified atom stereocenters. The molecule has 1 saturated heterocycles. The van der Waals surface area contributed by atoms with E-state index in [2.05, 4.69) is 26.1 Å². The average molecular weight is 424 g/mol. The minimum absolute atomic E-state index is 0.120. The zero-order valence-corrected chi connectivity index (χ0v) is 18.1. The average Bonchev–Trinajstić information content (AvgIpc) is 3.31. The van der Waals surface area contributed by atoms with Crippen LogP contribution in [-0.2, 0) is 9.53 Å². The molecule has 164 valence electrons. The van der Waals surface area contributed by atoms with Gasteiger partial charge in [0.25, 0.3) is 11.8 Å². The summed E-state index contributed by atoms with van der Waals surface area (Å²) in [6, 6.07) is 9.86. The van der Waals surface area contributed by atoms with Gasteiger partial charge in [0.2, 0.25) is 0 Å². The minimum Gasteiger partial charge on any atom is -0.459 e. The maximum Gasteiger partial charge on any atom is 0.340 e. The van der Waals surface area contributed by atoms with Crippen molar-refractivity contribution in [2.24, 2.45) is 10.8 Å². The third-order valence-electron chi connectivity index (χ3n) is 6.20. The smallest absolute Gasteiger partial charge is 0.340 e. The van der Waals surface area contributed by atoms with Gasteiger partial charge >= 0.3 is 5.97 Å². The topological polar surface area (TPSA) is 88.9 Å². The number of furan rings is 1. The Morgan fingerprint density at radius 3 is 2.65 bits per heavy atom. The molecule has 2 amide bonds.